The number of hydrogen-bond donors (Lipinski definition) is 0. The summed E-state index contributed by atoms with van der Waals surface area (Å²) in [6.07, 6.45) is -0.975. The van der Waals surface area contributed by atoms with Gasteiger partial charge in [-0.15, -0.1) is 22.7 Å². The number of ether oxygens (including phenoxy) is 3. The van der Waals surface area contributed by atoms with Gasteiger partial charge in [-0.1, -0.05) is 81.4 Å². The molecule has 3 atom stereocenters. The van der Waals surface area contributed by atoms with E-state index in [4.69, 9.17) is 18.6 Å². The van der Waals surface area contributed by atoms with Crippen molar-refractivity contribution >= 4 is 73.2 Å². The molecule has 2 aromatic carbocycles. The van der Waals surface area contributed by atoms with Gasteiger partial charge in [0.05, 0.1) is 14.2 Å². The summed E-state index contributed by atoms with van der Waals surface area (Å²) in [6, 6.07) is 29.9. The van der Waals surface area contributed by atoms with Crippen molar-refractivity contribution in [2.24, 2.45) is 0 Å². The highest BCUT2D eigenvalue weighted by molar-refractivity contribution is 9.11. The Balaban J connectivity index is 1.45. The maximum Gasteiger partial charge on any atom is 0.261 e. The van der Waals surface area contributed by atoms with Crippen molar-refractivity contribution in [3.8, 4) is 0 Å². The Kier molecular flexibility index (Phi) is 8.09. The van der Waals surface area contributed by atoms with E-state index in [0.29, 0.717) is 6.61 Å². The Labute approximate surface area is 268 Å². The summed E-state index contributed by atoms with van der Waals surface area (Å²) in [4.78, 5) is 2.17. The Bertz CT molecular complexity index is 1420. The third kappa shape index (κ3) is 5.19. The second-order valence-corrected chi connectivity index (χ2v) is 21.3. The predicted molar refractivity (Wildman–Crippen MR) is 177 cm³/mol. The van der Waals surface area contributed by atoms with Crippen molar-refractivity contribution in [1.29, 1.82) is 0 Å². The van der Waals surface area contributed by atoms with Gasteiger partial charge in [-0.2, -0.15) is 0 Å². The van der Waals surface area contributed by atoms with Crippen LogP contribution in [0.5, 0.6) is 0 Å². The Morgan fingerprint density at radius 3 is 1.71 bits per heavy atom. The first-order valence-electron chi connectivity index (χ1n) is 13.8. The molecule has 9 heteroatoms. The molecular formula is C32H34Br2O4S2Si. The van der Waals surface area contributed by atoms with Crippen molar-refractivity contribution in [2.75, 3.05) is 6.61 Å². The first-order chi connectivity index (χ1) is 19.5. The molecule has 2 saturated heterocycles. The fraction of sp³-hybridized carbons (Fsp3) is 0.375. The van der Waals surface area contributed by atoms with Gasteiger partial charge in [0.1, 0.15) is 18.3 Å². The Morgan fingerprint density at radius 1 is 0.756 bits per heavy atom. The highest BCUT2D eigenvalue weighted by atomic mass is 79.9. The van der Waals surface area contributed by atoms with Crippen LogP contribution in [0.2, 0.25) is 5.04 Å². The summed E-state index contributed by atoms with van der Waals surface area (Å²) < 4.78 is 30.0. The molecule has 2 aliphatic heterocycles. The van der Waals surface area contributed by atoms with Gasteiger partial charge in [-0.05, 0) is 85.4 Å². The number of halogens is 2. The first-order valence-corrected chi connectivity index (χ1v) is 18.9. The van der Waals surface area contributed by atoms with Crippen LogP contribution in [0.15, 0.2) is 92.5 Å². The zero-order valence-corrected chi connectivity index (χ0v) is 29.5. The van der Waals surface area contributed by atoms with Crippen LogP contribution in [-0.4, -0.2) is 39.0 Å². The van der Waals surface area contributed by atoms with Gasteiger partial charge in [0.15, 0.2) is 11.4 Å². The lowest BCUT2D eigenvalue weighted by atomic mass is 9.91. The number of fused-ring (bicyclic) bond motifs is 1. The molecule has 4 nitrogen and oxygen atoms in total. The topological polar surface area (TPSA) is 36.9 Å². The molecule has 0 aliphatic carbocycles. The van der Waals surface area contributed by atoms with Crippen molar-refractivity contribution < 1.29 is 18.6 Å². The SMILES string of the molecule is CC1(C)O[C@H]2[C@@H](O1)C(c1ccc(Br)s1)(c1ccc(Br)s1)O[C@@H]2CO[Si](c1ccccc1)(c1ccccc1)C(C)(C)C. The second-order valence-electron chi connectivity index (χ2n) is 12.1. The molecule has 0 amide bonds. The highest BCUT2D eigenvalue weighted by Gasteiger charge is 2.66. The molecule has 216 valence electrons. The van der Waals surface area contributed by atoms with Crippen LogP contribution in [0.25, 0.3) is 0 Å². The van der Waals surface area contributed by atoms with E-state index < -0.39 is 19.7 Å². The summed E-state index contributed by atoms with van der Waals surface area (Å²) in [7, 11) is -2.78. The molecule has 41 heavy (non-hydrogen) atoms. The average molecular weight is 735 g/mol. The van der Waals surface area contributed by atoms with Gasteiger partial charge in [-0.25, -0.2) is 0 Å². The van der Waals surface area contributed by atoms with Crippen LogP contribution in [0.1, 0.15) is 44.4 Å². The maximum atomic E-state index is 7.37. The molecule has 0 spiro atoms. The van der Waals surface area contributed by atoms with E-state index in [2.05, 4.69) is 138 Å². The van der Waals surface area contributed by atoms with Crippen molar-refractivity contribution in [2.45, 2.75) is 69.4 Å². The van der Waals surface area contributed by atoms with Gasteiger partial charge in [0, 0.05) is 9.75 Å². The highest BCUT2D eigenvalue weighted by Crippen LogP contribution is 2.56. The van der Waals surface area contributed by atoms with E-state index in [9.17, 15) is 0 Å². The lowest BCUT2D eigenvalue weighted by Gasteiger charge is -2.43. The number of benzene rings is 2. The minimum Gasteiger partial charge on any atom is -0.405 e. The molecule has 0 bridgehead atoms. The third-order valence-electron chi connectivity index (χ3n) is 7.99. The van der Waals surface area contributed by atoms with Crippen LogP contribution in [0.3, 0.4) is 0 Å². The third-order valence-corrected chi connectivity index (χ3v) is 16.5. The van der Waals surface area contributed by atoms with Crippen LogP contribution in [0.4, 0.5) is 0 Å². The Hall–Kier alpha value is -1.14. The van der Waals surface area contributed by atoms with Gasteiger partial charge in [0.2, 0.25) is 0 Å². The largest absolute Gasteiger partial charge is 0.405 e. The molecule has 2 fully saturated rings. The minimum atomic E-state index is -2.78. The monoisotopic (exact) mass is 732 g/mol. The van der Waals surface area contributed by atoms with Crippen LogP contribution in [-0.2, 0) is 24.2 Å². The molecule has 0 N–H and O–H groups in total. The number of thiophene rings is 2. The quantitative estimate of drug-likeness (QED) is 0.180. The summed E-state index contributed by atoms with van der Waals surface area (Å²) in [5.74, 6) is -0.747. The molecule has 2 aliphatic rings. The average Bonchev–Trinajstić information content (AvgIpc) is 3.69. The predicted octanol–water partition coefficient (Wildman–Crippen LogP) is 8.07. The zero-order chi connectivity index (χ0) is 29.0. The summed E-state index contributed by atoms with van der Waals surface area (Å²) >= 11 is 10.7. The lowest BCUT2D eigenvalue weighted by Crippen LogP contribution is -2.67. The van der Waals surface area contributed by atoms with Crippen LogP contribution in [0, 0.1) is 0 Å². The smallest absolute Gasteiger partial charge is 0.261 e. The molecule has 4 aromatic rings. The first kappa shape index (κ1) is 29.9. The molecule has 4 heterocycles. The zero-order valence-electron chi connectivity index (χ0n) is 23.7. The number of rotatable bonds is 7. The van der Waals surface area contributed by atoms with Crippen LogP contribution < -0.4 is 10.4 Å². The minimum absolute atomic E-state index is 0.145. The van der Waals surface area contributed by atoms with Gasteiger partial charge >= 0.3 is 0 Å². The second kappa shape index (κ2) is 11.1. The van der Waals surface area contributed by atoms with E-state index >= 15 is 0 Å². The van der Waals surface area contributed by atoms with Crippen molar-refractivity contribution in [1.82, 2.24) is 0 Å². The molecule has 6 rings (SSSR count). The molecule has 0 saturated carbocycles. The van der Waals surface area contributed by atoms with Crippen molar-refractivity contribution in [3.05, 3.63) is 102 Å². The summed E-state index contributed by atoms with van der Waals surface area (Å²) in [5, 5.41) is 2.34. The Morgan fingerprint density at radius 2 is 1.27 bits per heavy atom. The summed E-state index contributed by atoms with van der Waals surface area (Å²) in [5.41, 5.74) is -0.814. The summed E-state index contributed by atoms with van der Waals surface area (Å²) in [6.45, 7) is 11.3. The maximum absolute atomic E-state index is 7.37. The van der Waals surface area contributed by atoms with Gasteiger partial charge in [0.25, 0.3) is 8.32 Å². The number of hydrogen-bond acceptors (Lipinski definition) is 6. The van der Waals surface area contributed by atoms with E-state index in [1.54, 1.807) is 22.7 Å². The molecule has 0 unspecified atom stereocenters. The lowest BCUT2D eigenvalue weighted by molar-refractivity contribution is -0.205. The standard InChI is InChI=1S/C32H34Br2O4S2Si/c1-30(2,3)41(21-12-8-6-9-13-21,22-14-10-7-11-15-22)35-20-23-28-29(38-31(4,5)37-28)32(36-23,24-16-18-26(33)39-24)25-17-19-27(34)40-25/h6-19,23,28-29H,20H2,1-5H3/t23-,28-,29-/m1/s1. The van der Waals surface area contributed by atoms with E-state index in [0.717, 1.165) is 17.3 Å². The van der Waals surface area contributed by atoms with E-state index in [1.807, 2.05) is 13.8 Å². The van der Waals surface area contributed by atoms with E-state index in [1.165, 1.54) is 10.4 Å². The normalized spacial score (nSPS) is 23.5. The van der Waals surface area contributed by atoms with E-state index in [-0.39, 0.29) is 23.4 Å². The van der Waals surface area contributed by atoms with Gasteiger partial charge < -0.3 is 18.6 Å². The fourth-order valence-electron chi connectivity index (χ4n) is 6.39. The van der Waals surface area contributed by atoms with Crippen LogP contribution >= 0.6 is 54.5 Å². The fourth-order valence-corrected chi connectivity index (χ4v) is 14.2. The van der Waals surface area contributed by atoms with Crippen molar-refractivity contribution in [3.63, 3.8) is 0 Å². The molecule has 0 radical (unpaired) electrons. The van der Waals surface area contributed by atoms with Gasteiger partial charge in [-0.3, -0.25) is 0 Å². The molecular weight excluding hydrogens is 700 g/mol. The molecule has 2 aromatic heterocycles.